The number of carbonyl (C=O) groups is 2. The average Bonchev–Trinajstić information content (AvgIpc) is 3.07. The van der Waals surface area contributed by atoms with Gasteiger partial charge < -0.3 is 10.2 Å². The van der Waals surface area contributed by atoms with E-state index >= 15 is 0 Å². The molecular formula is C38H41ClFN3O4S. The van der Waals surface area contributed by atoms with Crippen LogP contribution in [-0.2, 0) is 32.6 Å². The van der Waals surface area contributed by atoms with Crippen LogP contribution in [0.15, 0.2) is 102 Å². The maximum Gasteiger partial charge on any atom is 0.264 e. The summed E-state index contributed by atoms with van der Waals surface area (Å²) in [5.41, 5.74) is 3.19. The van der Waals surface area contributed by atoms with Gasteiger partial charge in [0.15, 0.2) is 0 Å². The molecule has 0 heterocycles. The minimum absolute atomic E-state index is 0.0116. The fourth-order valence-electron chi connectivity index (χ4n) is 6.13. The van der Waals surface area contributed by atoms with Gasteiger partial charge in [0, 0.05) is 24.0 Å². The van der Waals surface area contributed by atoms with Gasteiger partial charge in [-0.05, 0) is 85.8 Å². The van der Waals surface area contributed by atoms with E-state index in [-0.39, 0.29) is 29.8 Å². The molecule has 1 N–H and O–H groups in total. The SMILES string of the molecule is Cc1ccc(S(=O)(=O)N(CC(=O)N(Cc2ccc(F)cc2)[C@H](Cc2ccccc2)C(=O)NC2CCCCC2)c2ccc(Cl)cc2C)cc1. The van der Waals surface area contributed by atoms with Crippen LogP contribution in [0, 0.1) is 19.7 Å². The number of nitrogens with one attached hydrogen (secondary N) is 1. The van der Waals surface area contributed by atoms with Crippen LogP contribution in [0.4, 0.5) is 10.1 Å². The predicted octanol–water partition coefficient (Wildman–Crippen LogP) is 7.38. The van der Waals surface area contributed by atoms with Crippen molar-refractivity contribution >= 4 is 39.1 Å². The van der Waals surface area contributed by atoms with Crippen molar-refractivity contribution in [2.75, 3.05) is 10.8 Å². The van der Waals surface area contributed by atoms with Gasteiger partial charge in [-0.2, -0.15) is 0 Å². The third-order valence-electron chi connectivity index (χ3n) is 8.80. The Balaban J connectivity index is 1.58. The first kappa shape index (κ1) is 35.1. The largest absolute Gasteiger partial charge is 0.352 e. The molecule has 2 amide bonds. The molecule has 4 aromatic carbocycles. The summed E-state index contributed by atoms with van der Waals surface area (Å²) in [6.45, 7) is 2.98. The van der Waals surface area contributed by atoms with Gasteiger partial charge in [-0.3, -0.25) is 13.9 Å². The number of halogens is 2. The zero-order valence-corrected chi connectivity index (χ0v) is 28.8. The molecule has 252 valence electrons. The van der Waals surface area contributed by atoms with Crippen LogP contribution in [0.5, 0.6) is 0 Å². The lowest BCUT2D eigenvalue weighted by Gasteiger charge is -2.35. The quantitative estimate of drug-likeness (QED) is 0.168. The van der Waals surface area contributed by atoms with Crippen molar-refractivity contribution in [1.29, 1.82) is 0 Å². The number of sulfonamides is 1. The van der Waals surface area contributed by atoms with Crippen LogP contribution in [0.3, 0.4) is 0 Å². The lowest BCUT2D eigenvalue weighted by atomic mass is 9.94. The molecule has 1 atom stereocenters. The molecule has 0 radical (unpaired) electrons. The van der Waals surface area contributed by atoms with E-state index in [2.05, 4.69) is 5.32 Å². The van der Waals surface area contributed by atoms with Crippen molar-refractivity contribution in [3.63, 3.8) is 0 Å². The highest BCUT2D eigenvalue weighted by Gasteiger charge is 2.36. The zero-order valence-electron chi connectivity index (χ0n) is 27.2. The first-order chi connectivity index (χ1) is 23.0. The smallest absolute Gasteiger partial charge is 0.264 e. The Kier molecular flexibility index (Phi) is 11.5. The monoisotopic (exact) mass is 689 g/mol. The summed E-state index contributed by atoms with van der Waals surface area (Å²) in [6.07, 6.45) is 5.06. The topological polar surface area (TPSA) is 86.8 Å². The molecule has 0 bridgehead atoms. The Bertz CT molecular complexity index is 1810. The van der Waals surface area contributed by atoms with Gasteiger partial charge in [0.2, 0.25) is 11.8 Å². The second-order valence-electron chi connectivity index (χ2n) is 12.5. The van der Waals surface area contributed by atoms with E-state index in [0.717, 1.165) is 47.5 Å². The summed E-state index contributed by atoms with van der Waals surface area (Å²) in [5, 5.41) is 3.62. The highest BCUT2D eigenvalue weighted by atomic mass is 35.5. The fourth-order valence-corrected chi connectivity index (χ4v) is 7.84. The third-order valence-corrected chi connectivity index (χ3v) is 10.8. The van der Waals surface area contributed by atoms with Gasteiger partial charge in [0.1, 0.15) is 18.4 Å². The molecule has 1 fully saturated rings. The van der Waals surface area contributed by atoms with E-state index in [1.54, 1.807) is 49.4 Å². The zero-order chi connectivity index (χ0) is 34.3. The minimum atomic E-state index is -4.25. The van der Waals surface area contributed by atoms with Crippen molar-refractivity contribution in [3.05, 3.63) is 130 Å². The van der Waals surface area contributed by atoms with E-state index in [0.29, 0.717) is 21.8 Å². The molecule has 10 heteroatoms. The van der Waals surface area contributed by atoms with Crippen molar-refractivity contribution in [1.82, 2.24) is 10.2 Å². The molecule has 0 aliphatic heterocycles. The molecule has 0 spiro atoms. The Morgan fingerprint density at radius 3 is 2.19 bits per heavy atom. The van der Waals surface area contributed by atoms with Gasteiger partial charge in [0.05, 0.1) is 10.6 Å². The highest BCUT2D eigenvalue weighted by molar-refractivity contribution is 7.92. The Morgan fingerprint density at radius 2 is 1.54 bits per heavy atom. The summed E-state index contributed by atoms with van der Waals surface area (Å²) < 4.78 is 43.6. The lowest BCUT2D eigenvalue weighted by molar-refractivity contribution is -0.140. The highest BCUT2D eigenvalue weighted by Crippen LogP contribution is 2.30. The average molecular weight is 690 g/mol. The third kappa shape index (κ3) is 8.82. The number of anilines is 1. The van der Waals surface area contributed by atoms with Crippen LogP contribution >= 0.6 is 11.6 Å². The summed E-state index contributed by atoms with van der Waals surface area (Å²) >= 11 is 6.25. The van der Waals surface area contributed by atoms with E-state index in [4.69, 9.17) is 11.6 Å². The molecule has 1 aliphatic carbocycles. The number of benzene rings is 4. The van der Waals surface area contributed by atoms with Crippen molar-refractivity contribution in [2.24, 2.45) is 0 Å². The van der Waals surface area contributed by atoms with Gasteiger partial charge >= 0.3 is 0 Å². The minimum Gasteiger partial charge on any atom is -0.352 e. The summed E-state index contributed by atoms with van der Waals surface area (Å²) in [6, 6.07) is 25.4. The van der Waals surface area contributed by atoms with E-state index in [1.807, 2.05) is 37.3 Å². The second kappa shape index (κ2) is 15.8. The van der Waals surface area contributed by atoms with E-state index in [9.17, 15) is 22.4 Å². The van der Waals surface area contributed by atoms with Gasteiger partial charge in [-0.15, -0.1) is 0 Å². The molecule has 0 saturated heterocycles. The lowest BCUT2D eigenvalue weighted by Crippen LogP contribution is -2.55. The first-order valence-corrected chi connectivity index (χ1v) is 18.1. The summed E-state index contributed by atoms with van der Waals surface area (Å²) in [4.78, 5) is 30.3. The molecule has 4 aromatic rings. The van der Waals surface area contributed by atoms with Gasteiger partial charge in [-0.25, -0.2) is 12.8 Å². The molecular weight excluding hydrogens is 649 g/mol. The standard InChI is InChI=1S/C38H41ClFN3O4S/c1-27-13-20-34(21-14-27)48(46,47)43(35-22-17-31(39)23-28(35)2)26-37(44)42(25-30-15-18-32(40)19-16-30)36(24-29-9-5-3-6-10-29)38(45)41-33-11-7-4-8-12-33/h3,5-6,9-10,13-23,33,36H,4,7-8,11-12,24-26H2,1-2H3,(H,41,45)/t36-/m1/s1. The first-order valence-electron chi connectivity index (χ1n) is 16.2. The fraction of sp³-hybridized carbons (Fsp3) is 0.316. The summed E-state index contributed by atoms with van der Waals surface area (Å²) in [7, 11) is -4.25. The maximum atomic E-state index is 14.7. The van der Waals surface area contributed by atoms with Gasteiger partial charge in [-0.1, -0.05) is 91.0 Å². The van der Waals surface area contributed by atoms with Crippen LogP contribution in [0.1, 0.15) is 54.4 Å². The van der Waals surface area contributed by atoms with E-state index < -0.39 is 34.3 Å². The molecule has 5 rings (SSSR count). The maximum absolute atomic E-state index is 14.7. The number of carbonyl (C=O) groups excluding carboxylic acids is 2. The number of aryl methyl sites for hydroxylation is 2. The molecule has 1 aliphatic rings. The number of nitrogens with zero attached hydrogens (tertiary/aromatic N) is 2. The summed E-state index contributed by atoms with van der Waals surface area (Å²) in [5.74, 6) is -1.32. The Labute approximate surface area is 287 Å². The van der Waals surface area contributed by atoms with Crippen molar-refractivity contribution < 1.29 is 22.4 Å². The van der Waals surface area contributed by atoms with E-state index in [1.165, 1.54) is 29.2 Å². The Hall–Kier alpha value is -4.21. The molecule has 0 aromatic heterocycles. The number of amides is 2. The normalized spacial score (nSPS) is 14.2. The predicted molar refractivity (Wildman–Crippen MR) is 188 cm³/mol. The number of hydrogen-bond donors (Lipinski definition) is 1. The van der Waals surface area contributed by atoms with Crippen LogP contribution in [-0.4, -0.2) is 43.8 Å². The molecule has 7 nitrogen and oxygen atoms in total. The van der Waals surface area contributed by atoms with Crippen molar-refractivity contribution in [3.8, 4) is 0 Å². The van der Waals surface area contributed by atoms with Crippen molar-refractivity contribution in [2.45, 2.75) is 75.9 Å². The molecule has 1 saturated carbocycles. The van der Waals surface area contributed by atoms with Gasteiger partial charge in [0.25, 0.3) is 10.0 Å². The number of hydrogen-bond acceptors (Lipinski definition) is 4. The molecule has 48 heavy (non-hydrogen) atoms. The Morgan fingerprint density at radius 1 is 0.875 bits per heavy atom. The van der Waals surface area contributed by atoms with Crippen LogP contribution < -0.4 is 9.62 Å². The molecule has 0 unspecified atom stereocenters. The second-order valence-corrected chi connectivity index (χ2v) is 14.8. The number of rotatable bonds is 12. The van der Waals surface area contributed by atoms with Crippen LogP contribution in [0.2, 0.25) is 5.02 Å². The van der Waals surface area contributed by atoms with Crippen LogP contribution in [0.25, 0.3) is 0 Å².